The Hall–Kier alpha value is -2.01. The molecule has 0 radical (unpaired) electrons. The van der Waals surface area contributed by atoms with E-state index in [0.717, 1.165) is 34.4 Å². The second kappa shape index (κ2) is 9.27. The minimum Gasteiger partial charge on any atom is -0.497 e. The molecule has 0 amide bonds. The van der Waals surface area contributed by atoms with Crippen LogP contribution in [0.4, 0.5) is 13.2 Å². The minimum absolute atomic E-state index is 0.398. The lowest BCUT2D eigenvalue weighted by Crippen LogP contribution is -2.37. The molecule has 0 spiro atoms. The number of hydrogen-bond acceptors (Lipinski definition) is 2. The first kappa shape index (κ1) is 21.3. The lowest BCUT2D eigenvalue weighted by molar-refractivity contribution is -0.149. The lowest BCUT2D eigenvalue weighted by Gasteiger charge is -2.32. The Balaban J connectivity index is 0.00000126. The van der Waals surface area contributed by atoms with Crippen LogP contribution in [0.3, 0.4) is 0 Å². The van der Waals surface area contributed by atoms with E-state index in [1.165, 1.54) is 0 Å². The maximum atomic E-state index is 13.2. The van der Waals surface area contributed by atoms with Gasteiger partial charge in [0.05, 0.1) is 19.7 Å². The van der Waals surface area contributed by atoms with Crippen molar-refractivity contribution in [2.75, 3.05) is 20.2 Å². The second-order valence-electron chi connectivity index (χ2n) is 6.57. The molecule has 2 aromatic rings. The lowest BCUT2D eigenvalue weighted by atomic mass is 9.92. The third-order valence-corrected chi connectivity index (χ3v) is 4.68. The van der Waals surface area contributed by atoms with E-state index in [-0.39, 0.29) is 0 Å². The van der Waals surface area contributed by atoms with Gasteiger partial charge in [0.1, 0.15) is 5.75 Å². The van der Waals surface area contributed by atoms with Crippen LogP contribution in [0.2, 0.25) is 0 Å². The number of ether oxygens (including phenoxy) is 1. The number of fused-ring (bicyclic) bond motifs is 1. The zero-order valence-electron chi connectivity index (χ0n) is 16.4. The van der Waals surface area contributed by atoms with Gasteiger partial charge < -0.3 is 4.74 Å². The maximum absolute atomic E-state index is 13.2. The van der Waals surface area contributed by atoms with E-state index in [2.05, 4.69) is 0 Å². The zero-order valence-corrected chi connectivity index (χ0v) is 16.4. The summed E-state index contributed by atoms with van der Waals surface area (Å²) >= 11 is 0. The Kier molecular flexibility index (Phi) is 7.31. The van der Waals surface area contributed by atoms with Crippen LogP contribution in [0.25, 0.3) is 0 Å². The first-order valence-corrected chi connectivity index (χ1v) is 9.41. The van der Waals surface area contributed by atoms with Crippen molar-refractivity contribution in [1.29, 1.82) is 0 Å². The van der Waals surface area contributed by atoms with Crippen molar-refractivity contribution >= 4 is 0 Å². The van der Waals surface area contributed by atoms with Crippen molar-refractivity contribution < 1.29 is 17.9 Å². The summed E-state index contributed by atoms with van der Waals surface area (Å²) in [6.45, 7) is 5.48. The molecular formula is C22H28F3NO. The quantitative estimate of drug-likeness (QED) is 0.655. The first-order chi connectivity index (χ1) is 12.9. The van der Waals surface area contributed by atoms with Gasteiger partial charge in [0, 0.05) is 0 Å². The second-order valence-corrected chi connectivity index (χ2v) is 6.57. The molecule has 1 aliphatic heterocycles. The molecule has 0 fully saturated rings. The predicted octanol–water partition coefficient (Wildman–Crippen LogP) is 5.93. The molecule has 1 unspecified atom stereocenters. The summed E-state index contributed by atoms with van der Waals surface area (Å²) in [6, 6.07) is 13.1. The normalized spacial score (nSPS) is 17.4. The molecule has 0 aliphatic carbocycles. The summed E-state index contributed by atoms with van der Waals surface area (Å²) in [4.78, 5) is 1.54. The highest BCUT2D eigenvalue weighted by Crippen LogP contribution is 2.37. The molecule has 0 bridgehead atoms. The average molecular weight is 379 g/mol. The highest BCUT2D eigenvalue weighted by Gasteiger charge is 2.36. The fourth-order valence-corrected chi connectivity index (χ4v) is 3.53. The summed E-state index contributed by atoms with van der Waals surface area (Å²) in [5.74, 6) is 0.741. The van der Waals surface area contributed by atoms with Crippen molar-refractivity contribution in [3.8, 4) is 5.75 Å². The van der Waals surface area contributed by atoms with Crippen LogP contribution >= 0.6 is 0 Å². The summed E-state index contributed by atoms with van der Waals surface area (Å²) < 4.78 is 44.8. The van der Waals surface area contributed by atoms with Gasteiger partial charge in [-0.3, -0.25) is 4.90 Å². The highest BCUT2D eigenvalue weighted by atomic mass is 19.4. The number of halogens is 3. The Morgan fingerprint density at radius 1 is 1.07 bits per heavy atom. The van der Waals surface area contributed by atoms with E-state index in [1.807, 2.05) is 63.2 Å². The topological polar surface area (TPSA) is 12.5 Å². The van der Waals surface area contributed by atoms with Crippen molar-refractivity contribution in [2.45, 2.75) is 45.8 Å². The third kappa shape index (κ3) is 5.48. The molecule has 3 rings (SSSR count). The summed E-state index contributed by atoms with van der Waals surface area (Å²) in [7, 11) is 1.60. The van der Waals surface area contributed by atoms with Gasteiger partial charge in [-0.15, -0.1) is 0 Å². The minimum atomic E-state index is -4.22. The van der Waals surface area contributed by atoms with E-state index < -0.39 is 18.8 Å². The SMILES string of the molecule is CC.COc1ccc2c(c1)CCCN(CC(F)(F)F)C2c1ccc(C)cc1. The summed E-state index contributed by atoms with van der Waals surface area (Å²) in [5, 5.41) is 0. The third-order valence-electron chi connectivity index (χ3n) is 4.68. The van der Waals surface area contributed by atoms with Crippen molar-refractivity contribution in [3.05, 3.63) is 64.7 Å². The predicted molar refractivity (Wildman–Crippen MR) is 103 cm³/mol. The standard InChI is InChI=1S/C20H22F3NO.C2H6/c1-14-5-7-15(8-6-14)19-18-10-9-17(25-2)12-16(18)4-3-11-24(19)13-20(21,22)23;1-2/h5-10,12,19H,3-4,11,13H2,1-2H3;1-2H3. The van der Waals surface area contributed by atoms with Crippen LogP contribution in [-0.4, -0.2) is 31.3 Å². The number of aryl methyl sites for hydroxylation is 2. The molecule has 0 saturated carbocycles. The molecule has 148 valence electrons. The number of methoxy groups -OCH3 is 1. The van der Waals surface area contributed by atoms with E-state index in [0.29, 0.717) is 13.0 Å². The number of hydrogen-bond donors (Lipinski definition) is 0. The van der Waals surface area contributed by atoms with Crippen molar-refractivity contribution in [2.24, 2.45) is 0 Å². The van der Waals surface area contributed by atoms with E-state index >= 15 is 0 Å². The smallest absolute Gasteiger partial charge is 0.401 e. The summed E-state index contributed by atoms with van der Waals surface area (Å²) in [6.07, 6.45) is -2.78. The molecule has 1 aliphatic rings. The van der Waals surface area contributed by atoms with E-state index in [1.54, 1.807) is 12.0 Å². The van der Waals surface area contributed by atoms with E-state index in [9.17, 15) is 13.2 Å². The Morgan fingerprint density at radius 2 is 1.74 bits per heavy atom. The van der Waals surface area contributed by atoms with Gasteiger partial charge in [-0.1, -0.05) is 49.7 Å². The summed E-state index contributed by atoms with van der Waals surface area (Å²) in [5.41, 5.74) is 3.99. The van der Waals surface area contributed by atoms with Gasteiger partial charge in [0.25, 0.3) is 0 Å². The molecule has 2 aromatic carbocycles. The molecule has 2 nitrogen and oxygen atoms in total. The fourth-order valence-electron chi connectivity index (χ4n) is 3.53. The fraction of sp³-hybridized carbons (Fsp3) is 0.455. The molecular weight excluding hydrogens is 351 g/mol. The van der Waals surface area contributed by atoms with Gasteiger partial charge in [0.2, 0.25) is 0 Å². The van der Waals surface area contributed by atoms with Gasteiger partial charge in [-0.2, -0.15) is 13.2 Å². The van der Waals surface area contributed by atoms with Crippen LogP contribution < -0.4 is 4.74 Å². The van der Waals surface area contributed by atoms with Gasteiger partial charge in [0.15, 0.2) is 0 Å². The van der Waals surface area contributed by atoms with Crippen LogP contribution in [0.15, 0.2) is 42.5 Å². The highest BCUT2D eigenvalue weighted by molar-refractivity contribution is 5.43. The Morgan fingerprint density at radius 3 is 2.33 bits per heavy atom. The number of alkyl halides is 3. The maximum Gasteiger partial charge on any atom is 0.401 e. The molecule has 5 heteroatoms. The molecule has 27 heavy (non-hydrogen) atoms. The van der Waals surface area contributed by atoms with Crippen LogP contribution in [0.1, 0.15) is 48.6 Å². The molecule has 1 heterocycles. The largest absolute Gasteiger partial charge is 0.497 e. The number of rotatable bonds is 3. The van der Waals surface area contributed by atoms with Gasteiger partial charge in [-0.25, -0.2) is 0 Å². The number of nitrogens with zero attached hydrogens (tertiary/aromatic N) is 1. The average Bonchev–Trinajstić information content (AvgIpc) is 2.81. The van der Waals surface area contributed by atoms with Crippen molar-refractivity contribution in [1.82, 2.24) is 4.90 Å². The Bertz CT molecular complexity index is 725. The molecule has 1 atom stereocenters. The molecule has 0 saturated heterocycles. The van der Waals surface area contributed by atoms with Crippen LogP contribution in [0, 0.1) is 6.92 Å². The first-order valence-electron chi connectivity index (χ1n) is 9.41. The van der Waals surface area contributed by atoms with Crippen molar-refractivity contribution in [3.63, 3.8) is 0 Å². The van der Waals surface area contributed by atoms with E-state index in [4.69, 9.17) is 4.74 Å². The van der Waals surface area contributed by atoms with Gasteiger partial charge in [-0.05, 0) is 55.1 Å². The number of benzene rings is 2. The van der Waals surface area contributed by atoms with Crippen LogP contribution in [-0.2, 0) is 6.42 Å². The molecule has 0 aromatic heterocycles. The monoisotopic (exact) mass is 379 g/mol. The Labute approximate surface area is 160 Å². The van der Waals surface area contributed by atoms with Gasteiger partial charge >= 0.3 is 6.18 Å². The molecule has 0 N–H and O–H groups in total. The van der Waals surface area contributed by atoms with Crippen LogP contribution in [0.5, 0.6) is 5.75 Å². The zero-order chi connectivity index (χ0) is 20.0.